The van der Waals surface area contributed by atoms with Crippen molar-refractivity contribution < 1.29 is 13.2 Å². The summed E-state index contributed by atoms with van der Waals surface area (Å²) < 4.78 is 27.3. The number of carbonyl (C=O) groups is 1. The van der Waals surface area contributed by atoms with Gasteiger partial charge in [-0.1, -0.05) is 17.7 Å². The van der Waals surface area contributed by atoms with Gasteiger partial charge in [0, 0.05) is 49.5 Å². The Labute approximate surface area is 164 Å². The van der Waals surface area contributed by atoms with Gasteiger partial charge in [0.1, 0.15) is 0 Å². The molecule has 1 saturated heterocycles. The molecule has 27 heavy (non-hydrogen) atoms. The number of halogens is 1. The van der Waals surface area contributed by atoms with Crippen LogP contribution in [0, 0.1) is 6.92 Å². The van der Waals surface area contributed by atoms with Gasteiger partial charge in [-0.2, -0.15) is 4.31 Å². The van der Waals surface area contributed by atoms with E-state index in [9.17, 15) is 13.2 Å². The van der Waals surface area contributed by atoms with E-state index in [0.29, 0.717) is 36.9 Å². The van der Waals surface area contributed by atoms with Gasteiger partial charge in [0.15, 0.2) is 0 Å². The predicted octanol–water partition coefficient (Wildman–Crippen LogP) is 3.12. The molecule has 1 aliphatic rings. The van der Waals surface area contributed by atoms with Gasteiger partial charge in [-0.3, -0.25) is 4.79 Å². The van der Waals surface area contributed by atoms with Crippen molar-refractivity contribution in [2.45, 2.75) is 18.7 Å². The highest BCUT2D eigenvalue weighted by Crippen LogP contribution is 2.27. The first-order valence-corrected chi connectivity index (χ1v) is 10.5. The van der Waals surface area contributed by atoms with Crippen molar-refractivity contribution in [3.05, 3.63) is 53.1 Å². The molecule has 0 spiro atoms. The summed E-state index contributed by atoms with van der Waals surface area (Å²) in [7, 11) is -3.56. The van der Waals surface area contributed by atoms with E-state index in [4.69, 9.17) is 11.6 Å². The number of amides is 1. The Morgan fingerprint density at radius 3 is 2.26 bits per heavy atom. The number of benzene rings is 2. The van der Waals surface area contributed by atoms with Gasteiger partial charge in [-0.25, -0.2) is 8.42 Å². The van der Waals surface area contributed by atoms with Crippen molar-refractivity contribution in [1.82, 2.24) is 4.31 Å². The van der Waals surface area contributed by atoms with Crippen molar-refractivity contribution in [2.24, 2.45) is 0 Å². The molecule has 1 amide bonds. The van der Waals surface area contributed by atoms with Crippen molar-refractivity contribution in [3.8, 4) is 0 Å². The third-order valence-electron chi connectivity index (χ3n) is 4.56. The second-order valence-corrected chi connectivity index (χ2v) is 8.90. The average Bonchev–Trinajstić information content (AvgIpc) is 2.64. The molecule has 144 valence electrons. The maximum atomic E-state index is 12.9. The molecule has 0 aromatic heterocycles. The predicted molar refractivity (Wildman–Crippen MR) is 108 cm³/mol. The number of rotatable bonds is 4. The highest BCUT2D eigenvalue weighted by atomic mass is 35.5. The Bertz CT molecular complexity index is 937. The number of anilines is 2. The van der Waals surface area contributed by atoms with E-state index in [1.807, 2.05) is 25.1 Å². The Hall–Kier alpha value is -2.09. The van der Waals surface area contributed by atoms with Gasteiger partial charge < -0.3 is 10.2 Å². The zero-order valence-corrected chi connectivity index (χ0v) is 16.8. The largest absolute Gasteiger partial charge is 0.369 e. The number of piperazine rings is 1. The summed E-state index contributed by atoms with van der Waals surface area (Å²) in [6.07, 6.45) is 0. The highest BCUT2D eigenvalue weighted by molar-refractivity contribution is 7.89. The fourth-order valence-corrected chi connectivity index (χ4v) is 4.74. The van der Waals surface area contributed by atoms with Gasteiger partial charge in [-0.15, -0.1) is 0 Å². The molecule has 0 aliphatic carbocycles. The maximum absolute atomic E-state index is 12.9. The quantitative estimate of drug-likeness (QED) is 0.845. The van der Waals surface area contributed by atoms with E-state index in [0.717, 1.165) is 11.3 Å². The number of aryl methyl sites for hydroxylation is 1. The van der Waals surface area contributed by atoms with Crippen LogP contribution in [0.2, 0.25) is 5.02 Å². The van der Waals surface area contributed by atoms with Crippen LogP contribution in [0.25, 0.3) is 0 Å². The molecule has 0 radical (unpaired) electrons. The zero-order chi connectivity index (χ0) is 19.6. The van der Waals surface area contributed by atoms with Crippen LogP contribution in [0.4, 0.5) is 11.4 Å². The summed E-state index contributed by atoms with van der Waals surface area (Å²) in [4.78, 5) is 13.5. The number of nitrogens with one attached hydrogen (secondary N) is 1. The summed E-state index contributed by atoms with van der Waals surface area (Å²) in [6, 6.07) is 12.0. The minimum absolute atomic E-state index is 0.196. The van der Waals surface area contributed by atoms with Crippen molar-refractivity contribution >= 4 is 38.9 Å². The molecule has 1 N–H and O–H groups in total. The average molecular weight is 408 g/mol. The molecule has 2 aromatic carbocycles. The smallest absolute Gasteiger partial charge is 0.243 e. The fourth-order valence-electron chi connectivity index (χ4n) is 3.16. The van der Waals surface area contributed by atoms with Crippen LogP contribution in [-0.4, -0.2) is 44.8 Å². The molecule has 0 atom stereocenters. The second-order valence-electron chi connectivity index (χ2n) is 6.53. The Balaban J connectivity index is 1.71. The Kier molecular flexibility index (Phi) is 5.74. The normalized spacial score (nSPS) is 15.6. The number of sulfonamides is 1. The van der Waals surface area contributed by atoms with E-state index in [-0.39, 0.29) is 10.8 Å². The van der Waals surface area contributed by atoms with Crippen LogP contribution in [0.3, 0.4) is 0 Å². The molecule has 8 heteroatoms. The van der Waals surface area contributed by atoms with Crippen molar-refractivity contribution in [2.75, 3.05) is 36.4 Å². The minimum Gasteiger partial charge on any atom is -0.369 e. The lowest BCUT2D eigenvalue weighted by atomic mass is 10.1. The molecular weight excluding hydrogens is 386 g/mol. The number of nitrogens with zero attached hydrogens (tertiary/aromatic N) is 2. The molecule has 2 aromatic rings. The number of carbonyl (C=O) groups excluding carboxylic acids is 1. The first-order chi connectivity index (χ1) is 12.8. The molecule has 3 rings (SSSR count). The summed E-state index contributed by atoms with van der Waals surface area (Å²) in [5, 5.41) is 3.30. The minimum atomic E-state index is -3.56. The van der Waals surface area contributed by atoms with Gasteiger partial charge in [0.05, 0.1) is 4.90 Å². The summed E-state index contributed by atoms with van der Waals surface area (Å²) in [5.41, 5.74) is 2.73. The van der Waals surface area contributed by atoms with Crippen LogP contribution >= 0.6 is 11.6 Å². The SMILES string of the molecule is CC(=O)Nc1ccc(S(=O)(=O)N2CCN(c3cc(Cl)ccc3C)CC2)cc1. The molecular formula is C19H22ClN3O3S. The molecule has 0 unspecified atom stereocenters. The lowest BCUT2D eigenvalue weighted by molar-refractivity contribution is -0.114. The van der Waals surface area contributed by atoms with E-state index in [2.05, 4.69) is 10.2 Å². The van der Waals surface area contributed by atoms with Gasteiger partial charge in [0.2, 0.25) is 15.9 Å². The van der Waals surface area contributed by atoms with E-state index in [1.54, 1.807) is 12.1 Å². The van der Waals surface area contributed by atoms with Crippen LogP contribution < -0.4 is 10.2 Å². The monoisotopic (exact) mass is 407 g/mol. The summed E-state index contributed by atoms with van der Waals surface area (Å²) >= 11 is 6.10. The van der Waals surface area contributed by atoms with Crippen LogP contribution in [0.1, 0.15) is 12.5 Å². The van der Waals surface area contributed by atoms with Gasteiger partial charge in [0.25, 0.3) is 0 Å². The molecule has 1 fully saturated rings. The fraction of sp³-hybridized carbons (Fsp3) is 0.316. The third-order valence-corrected chi connectivity index (χ3v) is 6.71. The van der Waals surface area contributed by atoms with Gasteiger partial charge in [-0.05, 0) is 48.9 Å². The number of hydrogen-bond donors (Lipinski definition) is 1. The lowest BCUT2D eigenvalue weighted by Gasteiger charge is -2.36. The second kappa shape index (κ2) is 7.88. The van der Waals surface area contributed by atoms with E-state index in [1.165, 1.54) is 23.4 Å². The van der Waals surface area contributed by atoms with E-state index < -0.39 is 10.0 Å². The number of hydrogen-bond acceptors (Lipinski definition) is 4. The first kappa shape index (κ1) is 19.7. The molecule has 1 aliphatic heterocycles. The standard InChI is InChI=1S/C19H22ClN3O3S/c1-14-3-4-16(20)13-19(14)22-9-11-23(12-10-22)27(25,26)18-7-5-17(6-8-18)21-15(2)24/h3-8,13H,9-12H2,1-2H3,(H,21,24). The molecule has 0 bridgehead atoms. The van der Waals surface area contributed by atoms with Crippen molar-refractivity contribution in [1.29, 1.82) is 0 Å². The van der Waals surface area contributed by atoms with Gasteiger partial charge >= 0.3 is 0 Å². The Morgan fingerprint density at radius 1 is 1.04 bits per heavy atom. The lowest BCUT2D eigenvalue weighted by Crippen LogP contribution is -2.48. The summed E-state index contributed by atoms with van der Waals surface area (Å²) in [6.45, 7) is 5.44. The molecule has 1 heterocycles. The zero-order valence-electron chi connectivity index (χ0n) is 15.3. The topological polar surface area (TPSA) is 69.7 Å². The Morgan fingerprint density at radius 2 is 1.67 bits per heavy atom. The molecule has 0 saturated carbocycles. The molecule has 6 nitrogen and oxygen atoms in total. The van der Waals surface area contributed by atoms with Crippen LogP contribution in [0.15, 0.2) is 47.4 Å². The van der Waals surface area contributed by atoms with Crippen LogP contribution in [-0.2, 0) is 14.8 Å². The third kappa shape index (κ3) is 4.43. The van der Waals surface area contributed by atoms with E-state index >= 15 is 0 Å². The summed E-state index contributed by atoms with van der Waals surface area (Å²) in [5.74, 6) is -0.196. The maximum Gasteiger partial charge on any atom is 0.243 e. The van der Waals surface area contributed by atoms with Crippen LogP contribution in [0.5, 0.6) is 0 Å². The van der Waals surface area contributed by atoms with Crippen molar-refractivity contribution in [3.63, 3.8) is 0 Å². The highest BCUT2D eigenvalue weighted by Gasteiger charge is 2.29. The first-order valence-electron chi connectivity index (χ1n) is 8.66.